The van der Waals surface area contributed by atoms with Crippen molar-refractivity contribution in [3.63, 3.8) is 0 Å². The summed E-state index contributed by atoms with van der Waals surface area (Å²) in [7, 11) is 0. The summed E-state index contributed by atoms with van der Waals surface area (Å²) >= 11 is 0. The normalized spacial score (nSPS) is 16.0. The highest BCUT2D eigenvalue weighted by atomic mass is 16.5. The number of nitrogens with zero attached hydrogens (tertiary/aromatic N) is 1. The molecule has 1 aromatic heterocycles. The number of H-pyrrole nitrogens is 1. The monoisotopic (exact) mass is 412 g/mol. The molecule has 1 atom stereocenters. The molecule has 9 heteroatoms. The number of hydrogen-bond donors (Lipinski definition) is 3. The highest BCUT2D eigenvalue weighted by Crippen LogP contribution is 2.20. The topological polar surface area (TPSA) is 122 Å². The minimum absolute atomic E-state index is 0.163. The molecular formula is C21H24N4O5. The minimum atomic E-state index is -0.655. The molecule has 0 radical (unpaired) electrons. The largest absolute Gasteiger partial charge is 0.463 e. The van der Waals surface area contributed by atoms with Crippen LogP contribution in [0.15, 0.2) is 41.6 Å². The van der Waals surface area contributed by atoms with Gasteiger partial charge in [-0.3, -0.25) is 5.10 Å². The molecule has 2 amide bonds. The first-order chi connectivity index (χ1) is 14.4. The van der Waals surface area contributed by atoms with E-state index in [1.54, 1.807) is 13.0 Å². The molecule has 0 saturated carbocycles. The lowest BCUT2D eigenvalue weighted by atomic mass is 10.0. The molecule has 1 unspecified atom stereocenters. The van der Waals surface area contributed by atoms with Crippen LogP contribution in [0.1, 0.15) is 36.3 Å². The number of aromatic nitrogens is 2. The molecule has 1 aromatic carbocycles. The Morgan fingerprint density at radius 1 is 1.10 bits per heavy atom. The van der Waals surface area contributed by atoms with Crippen molar-refractivity contribution in [1.29, 1.82) is 0 Å². The van der Waals surface area contributed by atoms with Gasteiger partial charge in [0.2, 0.25) is 0 Å². The fraction of sp³-hybridized carbons (Fsp3) is 0.333. The molecule has 30 heavy (non-hydrogen) atoms. The number of amides is 2. The molecule has 0 spiro atoms. The number of rotatable bonds is 7. The summed E-state index contributed by atoms with van der Waals surface area (Å²) in [6.07, 6.45) is 0.486. The predicted molar refractivity (Wildman–Crippen MR) is 108 cm³/mol. The Hall–Kier alpha value is -3.62. The van der Waals surface area contributed by atoms with Gasteiger partial charge in [-0.1, -0.05) is 36.8 Å². The molecule has 158 valence electrons. The van der Waals surface area contributed by atoms with Crippen molar-refractivity contribution in [1.82, 2.24) is 20.8 Å². The number of nitrogens with one attached hydrogen (secondary N) is 3. The van der Waals surface area contributed by atoms with Crippen molar-refractivity contribution < 1.29 is 23.9 Å². The van der Waals surface area contributed by atoms with Gasteiger partial charge in [-0.05, 0) is 26.3 Å². The van der Waals surface area contributed by atoms with Crippen molar-refractivity contribution in [2.45, 2.75) is 33.2 Å². The molecule has 0 bridgehead atoms. The maximum absolute atomic E-state index is 12.5. The first-order valence-electron chi connectivity index (χ1n) is 9.70. The van der Waals surface area contributed by atoms with Crippen molar-refractivity contribution in [3.05, 3.63) is 52.9 Å². The van der Waals surface area contributed by atoms with Crippen LogP contribution in [-0.2, 0) is 14.3 Å². The lowest BCUT2D eigenvalue weighted by molar-refractivity contribution is -0.139. The summed E-state index contributed by atoms with van der Waals surface area (Å²) in [5.41, 5.74) is 3.20. The third-order valence-electron chi connectivity index (χ3n) is 4.64. The smallest absolute Gasteiger partial charge is 0.356 e. The van der Waals surface area contributed by atoms with E-state index in [2.05, 4.69) is 20.8 Å². The van der Waals surface area contributed by atoms with Crippen LogP contribution in [-0.4, -0.2) is 47.4 Å². The van der Waals surface area contributed by atoms with E-state index in [1.165, 1.54) is 0 Å². The van der Waals surface area contributed by atoms with Crippen molar-refractivity contribution >= 4 is 18.0 Å². The van der Waals surface area contributed by atoms with E-state index in [9.17, 15) is 14.4 Å². The van der Waals surface area contributed by atoms with Gasteiger partial charge in [-0.25, -0.2) is 14.4 Å². The highest BCUT2D eigenvalue weighted by molar-refractivity contribution is 5.95. The zero-order valence-corrected chi connectivity index (χ0v) is 17.1. The van der Waals surface area contributed by atoms with E-state index in [0.29, 0.717) is 12.1 Å². The van der Waals surface area contributed by atoms with Crippen LogP contribution in [0.3, 0.4) is 0 Å². The summed E-state index contributed by atoms with van der Waals surface area (Å²) in [6, 6.07) is 8.32. The summed E-state index contributed by atoms with van der Waals surface area (Å²) in [4.78, 5) is 36.7. The van der Waals surface area contributed by atoms with Crippen LogP contribution in [0.2, 0.25) is 0 Å². The number of esters is 2. The van der Waals surface area contributed by atoms with E-state index in [1.807, 2.05) is 38.1 Å². The second-order valence-corrected chi connectivity index (χ2v) is 6.78. The third-order valence-corrected chi connectivity index (χ3v) is 4.64. The van der Waals surface area contributed by atoms with Gasteiger partial charge in [-0.2, -0.15) is 5.10 Å². The molecule has 1 aliphatic rings. The van der Waals surface area contributed by atoms with Gasteiger partial charge in [0.1, 0.15) is 12.3 Å². The number of aryl methyl sites for hydroxylation is 1. The van der Waals surface area contributed by atoms with Gasteiger partial charge >= 0.3 is 18.0 Å². The first kappa shape index (κ1) is 21.1. The Morgan fingerprint density at radius 2 is 1.83 bits per heavy atom. The zero-order chi connectivity index (χ0) is 21.7. The van der Waals surface area contributed by atoms with Gasteiger partial charge in [-0.15, -0.1) is 0 Å². The third kappa shape index (κ3) is 4.68. The van der Waals surface area contributed by atoms with Crippen molar-refractivity contribution in [3.8, 4) is 11.3 Å². The number of hydrogen-bond acceptors (Lipinski definition) is 6. The number of urea groups is 1. The quantitative estimate of drug-likeness (QED) is 0.601. The molecule has 0 fully saturated rings. The summed E-state index contributed by atoms with van der Waals surface area (Å²) < 4.78 is 10.4. The fourth-order valence-electron chi connectivity index (χ4n) is 3.09. The van der Waals surface area contributed by atoms with Crippen LogP contribution in [0, 0.1) is 6.92 Å². The Balaban J connectivity index is 1.75. The lowest BCUT2D eigenvalue weighted by Gasteiger charge is -2.28. The van der Waals surface area contributed by atoms with E-state index < -0.39 is 24.0 Å². The summed E-state index contributed by atoms with van der Waals surface area (Å²) in [6.45, 7) is 5.42. The molecule has 9 nitrogen and oxygen atoms in total. The van der Waals surface area contributed by atoms with Crippen LogP contribution in [0.25, 0.3) is 11.3 Å². The number of carbonyl (C=O) groups is 3. The maximum Gasteiger partial charge on any atom is 0.356 e. The average molecular weight is 412 g/mol. The van der Waals surface area contributed by atoms with Gasteiger partial charge in [0.15, 0.2) is 0 Å². The van der Waals surface area contributed by atoms with Crippen molar-refractivity contribution in [2.75, 3.05) is 13.2 Å². The molecule has 1 aliphatic heterocycles. The predicted octanol–water partition coefficient (Wildman–Crippen LogP) is 2.45. The zero-order valence-electron chi connectivity index (χ0n) is 17.1. The van der Waals surface area contributed by atoms with Gasteiger partial charge < -0.3 is 20.1 Å². The first-order valence-corrected chi connectivity index (χ1v) is 9.70. The molecule has 0 aliphatic carbocycles. The number of carbonyl (C=O) groups excluding carboxylic acids is 3. The van der Waals surface area contributed by atoms with E-state index in [-0.39, 0.29) is 30.2 Å². The Morgan fingerprint density at radius 3 is 2.50 bits per heavy atom. The van der Waals surface area contributed by atoms with E-state index >= 15 is 0 Å². The van der Waals surface area contributed by atoms with Crippen LogP contribution >= 0.6 is 0 Å². The lowest BCUT2D eigenvalue weighted by Crippen LogP contribution is -2.51. The number of benzene rings is 1. The summed E-state index contributed by atoms with van der Waals surface area (Å²) in [5, 5.41) is 12.0. The van der Waals surface area contributed by atoms with E-state index in [4.69, 9.17) is 9.47 Å². The average Bonchev–Trinajstić information content (AvgIpc) is 3.22. The Kier molecular flexibility index (Phi) is 6.51. The number of aromatic amines is 1. The molecule has 2 heterocycles. The molecule has 0 saturated heterocycles. The Bertz CT molecular complexity index is 978. The second kappa shape index (κ2) is 9.25. The van der Waals surface area contributed by atoms with E-state index in [0.717, 1.165) is 11.1 Å². The fourth-order valence-corrected chi connectivity index (χ4v) is 3.09. The van der Waals surface area contributed by atoms with Crippen LogP contribution in [0.4, 0.5) is 4.79 Å². The highest BCUT2D eigenvalue weighted by Gasteiger charge is 2.32. The molecule has 3 rings (SSSR count). The minimum Gasteiger partial charge on any atom is -0.463 e. The molecular weight excluding hydrogens is 388 g/mol. The maximum atomic E-state index is 12.5. The SMILES string of the molecule is CCOC(=O)C1=C(COC(=O)c2cc(-c3ccc(C)cc3)n[nH]2)NC(=O)NC1CC. The van der Waals surface area contributed by atoms with Gasteiger partial charge in [0.05, 0.1) is 29.6 Å². The van der Waals surface area contributed by atoms with Gasteiger partial charge in [0.25, 0.3) is 0 Å². The molecule has 3 N–H and O–H groups in total. The van der Waals surface area contributed by atoms with Crippen molar-refractivity contribution in [2.24, 2.45) is 0 Å². The van der Waals surface area contributed by atoms with Crippen LogP contribution < -0.4 is 10.6 Å². The van der Waals surface area contributed by atoms with Gasteiger partial charge in [0, 0.05) is 5.56 Å². The second-order valence-electron chi connectivity index (χ2n) is 6.78. The Labute approximate surface area is 173 Å². The summed E-state index contributed by atoms with van der Waals surface area (Å²) in [5.74, 6) is -1.22. The number of ether oxygens (including phenoxy) is 2. The molecule has 2 aromatic rings. The standard InChI is InChI=1S/C21H24N4O5/c1-4-14-18(20(27)29-5-2)17(23-21(28)22-14)11-30-19(26)16-10-15(24-25-16)13-8-6-12(3)7-9-13/h6-10,14H,4-5,11H2,1-3H3,(H,24,25)(H2,22,23,28). The van der Waals surface area contributed by atoms with Crippen LogP contribution in [0.5, 0.6) is 0 Å².